The third-order valence-electron chi connectivity index (χ3n) is 5.37. The maximum absolute atomic E-state index is 13.6. The van der Waals surface area contributed by atoms with Crippen molar-refractivity contribution < 1.29 is 9.18 Å². The van der Waals surface area contributed by atoms with E-state index in [-0.39, 0.29) is 17.5 Å². The molecule has 0 saturated carbocycles. The normalized spacial score (nSPS) is 10.9. The molecule has 0 spiro atoms. The van der Waals surface area contributed by atoms with Gasteiger partial charge in [0.15, 0.2) is 11.0 Å². The molecular formula is C25H23ClFN5OS. The zero-order valence-electron chi connectivity index (χ0n) is 18.8. The van der Waals surface area contributed by atoms with Gasteiger partial charge in [-0.1, -0.05) is 41.6 Å². The van der Waals surface area contributed by atoms with Crippen LogP contribution in [-0.4, -0.2) is 42.9 Å². The fourth-order valence-electron chi connectivity index (χ4n) is 3.56. The Hall–Kier alpha value is -3.23. The van der Waals surface area contributed by atoms with Gasteiger partial charge in [-0.2, -0.15) is 0 Å². The lowest BCUT2D eigenvalue weighted by atomic mass is 10.2. The summed E-state index contributed by atoms with van der Waals surface area (Å²) in [6.45, 7) is 4.70. The van der Waals surface area contributed by atoms with Gasteiger partial charge in [0, 0.05) is 36.1 Å². The van der Waals surface area contributed by atoms with E-state index in [1.54, 1.807) is 23.4 Å². The molecule has 34 heavy (non-hydrogen) atoms. The summed E-state index contributed by atoms with van der Waals surface area (Å²) in [5.41, 5.74) is 3.32. The van der Waals surface area contributed by atoms with E-state index in [0.717, 1.165) is 22.4 Å². The smallest absolute Gasteiger partial charge is 0.233 e. The molecule has 2 heterocycles. The lowest BCUT2D eigenvalue weighted by Gasteiger charge is -2.21. The molecule has 6 nitrogen and oxygen atoms in total. The molecule has 2 aromatic heterocycles. The molecule has 0 radical (unpaired) electrons. The number of rotatable bonds is 8. The first-order valence-corrected chi connectivity index (χ1v) is 12.1. The van der Waals surface area contributed by atoms with Crippen LogP contribution in [0.15, 0.2) is 72.1 Å². The largest absolute Gasteiger partial charge is 0.338 e. The summed E-state index contributed by atoms with van der Waals surface area (Å²) in [6, 6.07) is 15.7. The number of thioether (sulfide) groups is 1. The van der Waals surface area contributed by atoms with Gasteiger partial charge in [0.05, 0.1) is 11.4 Å². The topological polar surface area (TPSA) is 63.9 Å². The van der Waals surface area contributed by atoms with E-state index >= 15 is 0 Å². The summed E-state index contributed by atoms with van der Waals surface area (Å²) in [5, 5.41) is 10.0. The highest BCUT2D eigenvalue weighted by Gasteiger charge is 2.21. The van der Waals surface area contributed by atoms with Crippen LogP contribution in [0.1, 0.15) is 18.1 Å². The standard InChI is InChI=1S/C25H23ClFN5OS/c1-3-31(15-18-6-4-7-20(27)14-18)23(33)16-34-25-30-29-24(19-10-12-28-13-11-19)32(25)22-9-5-8-21(26)17(22)2/h4-14H,3,15-16H2,1-2H3. The second-order valence-electron chi connectivity index (χ2n) is 7.59. The fourth-order valence-corrected chi connectivity index (χ4v) is 4.57. The molecule has 0 aliphatic heterocycles. The molecule has 0 atom stereocenters. The number of hydrogen-bond donors (Lipinski definition) is 0. The SMILES string of the molecule is CCN(Cc1cccc(F)c1)C(=O)CSc1nnc(-c2ccncc2)n1-c1cccc(Cl)c1C. The number of carbonyl (C=O) groups excluding carboxylic acids is 1. The summed E-state index contributed by atoms with van der Waals surface area (Å²) in [5.74, 6) is 0.412. The first kappa shape index (κ1) is 23.9. The minimum absolute atomic E-state index is 0.0698. The molecule has 0 bridgehead atoms. The van der Waals surface area contributed by atoms with Crippen molar-refractivity contribution in [1.82, 2.24) is 24.6 Å². The highest BCUT2D eigenvalue weighted by molar-refractivity contribution is 7.99. The van der Waals surface area contributed by atoms with E-state index in [9.17, 15) is 9.18 Å². The van der Waals surface area contributed by atoms with Gasteiger partial charge < -0.3 is 4.90 Å². The quantitative estimate of drug-likeness (QED) is 0.299. The van der Waals surface area contributed by atoms with Crippen LogP contribution in [0.25, 0.3) is 17.1 Å². The van der Waals surface area contributed by atoms with Crippen LogP contribution in [0.3, 0.4) is 0 Å². The molecule has 174 valence electrons. The lowest BCUT2D eigenvalue weighted by molar-refractivity contribution is -0.128. The second-order valence-corrected chi connectivity index (χ2v) is 8.94. The Morgan fingerprint density at radius 2 is 1.88 bits per heavy atom. The average Bonchev–Trinajstić information content (AvgIpc) is 3.27. The molecular weight excluding hydrogens is 473 g/mol. The maximum Gasteiger partial charge on any atom is 0.233 e. The van der Waals surface area contributed by atoms with Crippen LogP contribution in [0, 0.1) is 12.7 Å². The molecule has 9 heteroatoms. The average molecular weight is 496 g/mol. The van der Waals surface area contributed by atoms with E-state index in [1.807, 2.05) is 54.8 Å². The van der Waals surface area contributed by atoms with Crippen LogP contribution in [0.4, 0.5) is 4.39 Å². The first-order valence-electron chi connectivity index (χ1n) is 10.7. The molecule has 4 aromatic rings. The Kier molecular flexibility index (Phi) is 7.59. The summed E-state index contributed by atoms with van der Waals surface area (Å²) in [4.78, 5) is 18.8. The van der Waals surface area contributed by atoms with Crippen LogP contribution >= 0.6 is 23.4 Å². The van der Waals surface area contributed by atoms with Gasteiger partial charge in [-0.25, -0.2) is 4.39 Å². The summed E-state index contributed by atoms with van der Waals surface area (Å²) in [7, 11) is 0. The Morgan fingerprint density at radius 1 is 1.12 bits per heavy atom. The Balaban J connectivity index is 1.61. The lowest BCUT2D eigenvalue weighted by Crippen LogP contribution is -2.31. The molecule has 0 unspecified atom stereocenters. The van der Waals surface area contributed by atoms with Gasteiger partial charge in [0.1, 0.15) is 5.82 Å². The van der Waals surface area contributed by atoms with Crippen molar-refractivity contribution in [3.63, 3.8) is 0 Å². The number of halogens is 2. The second kappa shape index (κ2) is 10.8. The van der Waals surface area contributed by atoms with Gasteiger partial charge >= 0.3 is 0 Å². The molecule has 1 amide bonds. The van der Waals surface area contributed by atoms with Crippen molar-refractivity contribution in [2.24, 2.45) is 0 Å². The number of amides is 1. The van der Waals surface area contributed by atoms with E-state index in [2.05, 4.69) is 15.2 Å². The maximum atomic E-state index is 13.6. The molecule has 4 rings (SSSR count). The van der Waals surface area contributed by atoms with Gasteiger partial charge in [0.2, 0.25) is 5.91 Å². The fraction of sp³-hybridized carbons (Fsp3) is 0.200. The van der Waals surface area contributed by atoms with Gasteiger partial charge in [-0.05, 0) is 61.4 Å². The van der Waals surface area contributed by atoms with Crippen molar-refractivity contribution in [1.29, 1.82) is 0 Å². The monoisotopic (exact) mass is 495 g/mol. The van der Waals surface area contributed by atoms with Crippen molar-refractivity contribution >= 4 is 29.3 Å². The van der Waals surface area contributed by atoms with Gasteiger partial charge in [-0.15, -0.1) is 10.2 Å². The van der Waals surface area contributed by atoms with Crippen LogP contribution in [-0.2, 0) is 11.3 Å². The number of benzene rings is 2. The van der Waals surface area contributed by atoms with Crippen LogP contribution in [0.2, 0.25) is 5.02 Å². The van der Waals surface area contributed by atoms with Crippen molar-refractivity contribution in [3.05, 3.63) is 89.0 Å². The van der Waals surface area contributed by atoms with Crippen molar-refractivity contribution in [3.8, 4) is 17.1 Å². The zero-order chi connectivity index (χ0) is 24.1. The Labute approximate surface area is 206 Å². The van der Waals surface area contributed by atoms with E-state index in [1.165, 1.54) is 23.9 Å². The number of carbonyl (C=O) groups is 1. The third kappa shape index (κ3) is 5.29. The van der Waals surface area contributed by atoms with Crippen LogP contribution in [0.5, 0.6) is 0 Å². The zero-order valence-corrected chi connectivity index (χ0v) is 20.4. The first-order chi connectivity index (χ1) is 16.5. The van der Waals surface area contributed by atoms with Crippen molar-refractivity contribution in [2.45, 2.75) is 25.5 Å². The number of aromatic nitrogens is 4. The van der Waals surface area contributed by atoms with Crippen molar-refractivity contribution in [2.75, 3.05) is 12.3 Å². The van der Waals surface area contributed by atoms with Gasteiger partial charge in [0.25, 0.3) is 0 Å². The Morgan fingerprint density at radius 3 is 2.62 bits per heavy atom. The molecule has 2 aromatic carbocycles. The predicted octanol–water partition coefficient (Wildman–Crippen LogP) is 5.57. The molecule has 0 fully saturated rings. The highest BCUT2D eigenvalue weighted by atomic mass is 35.5. The Bertz CT molecular complexity index is 1300. The van der Waals surface area contributed by atoms with E-state index < -0.39 is 0 Å². The minimum Gasteiger partial charge on any atom is -0.338 e. The molecule has 0 N–H and O–H groups in total. The molecule has 0 aliphatic carbocycles. The number of nitrogens with zero attached hydrogens (tertiary/aromatic N) is 5. The summed E-state index contributed by atoms with van der Waals surface area (Å²) < 4.78 is 15.5. The van der Waals surface area contributed by atoms with Gasteiger partial charge in [-0.3, -0.25) is 14.3 Å². The summed E-state index contributed by atoms with van der Waals surface area (Å²) in [6.07, 6.45) is 3.39. The predicted molar refractivity (Wildman–Crippen MR) is 133 cm³/mol. The van der Waals surface area contributed by atoms with E-state index in [0.29, 0.717) is 29.1 Å². The van der Waals surface area contributed by atoms with E-state index in [4.69, 9.17) is 11.6 Å². The third-order valence-corrected chi connectivity index (χ3v) is 6.70. The summed E-state index contributed by atoms with van der Waals surface area (Å²) >= 11 is 7.70. The molecule has 0 aliphatic rings. The van der Waals surface area contributed by atoms with Crippen LogP contribution < -0.4 is 0 Å². The number of pyridine rings is 1. The molecule has 0 saturated heterocycles. The number of hydrogen-bond acceptors (Lipinski definition) is 5. The highest BCUT2D eigenvalue weighted by Crippen LogP contribution is 2.31. The minimum atomic E-state index is -0.316.